The quantitative estimate of drug-likeness (QED) is 0.670. The van der Waals surface area contributed by atoms with E-state index < -0.39 is 0 Å². The van der Waals surface area contributed by atoms with Gasteiger partial charge in [0.2, 0.25) is 0 Å². The molecule has 5 heteroatoms. The maximum absolute atomic E-state index is 11.2. The standard InChI is InChI=1S/C15H17N3O2/c1-11-8-9-17-14(15(11)18(19)20)10-13(16-2)12-6-4-3-5-7-12/h3-9,13,16H,10H2,1-2H3. The largest absolute Gasteiger partial charge is 0.313 e. The normalized spacial score (nSPS) is 12.1. The average Bonchev–Trinajstić information content (AvgIpc) is 2.45. The van der Waals surface area contributed by atoms with Gasteiger partial charge in [0, 0.05) is 24.2 Å². The second-order valence-electron chi connectivity index (χ2n) is 4.64. The number of likely N-dealkylation sites (N-methyl/N-ethyl adjacent to an activating group) is 1. The van der Waals surface area contributed by atoms with Crippen molar-refractivity contribution in [1.29, 1.82) is 0 Å². The lowest BCUT2D eigenvalue weighted by Crippen LogP contribution is -2.20. The first-order valence-electron chi connectivity index (χ1n) is 6.44. The van der Waals surface area contributed by atoms with Crippen molar-refractivity contribution in [3.05, 3.63) is 69.5 Å². The lowest BCUT2D eigenvalue weighted by molar-refractivity contribution is -0.386. The number of pyridine rings is 1. The zero-order valence-electron chi connectivity index (χ0n) is 11.5. The monoisotopic (exact) mass is 271 g/mol. The first-order valence-corrected chi connectivity index (χ1v) is 6.44. The number of nitrogens with zero attached hydrogens (tertiary/aromatic N) is 2. The van der Waals surface area contributed by atoms with E-state index in [4.69, 9.17) is 0 Å². The number of nitro groups is 1. The van der Waals surface area contributed by atoms with E-state index >= 15 is 0 Å². The van der Waals surface area contributed by atoms with Gasteiger partial charge in [0.25, 0.3) is 5.69 Å². The topological polar surface area (TPSA) is 68.1 Å². The van der Waals surface area contributed by atoms with Crippen LogP contribution in [0.2, 0.25) is 0 Å². The molecule has 0 aliphatic heterocycles. The van der Waals surface area contributed by atoms with Gasteiger partial charge in [0.05, 0.1) is 4.92 Å². The van der Waals surface area contributed by atoms with Gasteiger partial charge in [-0.25, -0.2) is 0 Å². The highest BCUT2D eigenvalue weighted by atomic mass is 16.6. The van der Waals surface area contributed by atoms with Crippen molar-refractivity contribution in [2.75, 3.05) is 7.05 Å². The van der Waals surface area contributed by atoms with Crippen molar-refractivity contribution in [1.82, 2.24) is 10.3 Å². The van der Waals surface area contributed by atoms with Crippen molar-refractivity contribution in [2.24, 2.45) is 0 Å². The van der Waals surface area contributed by atoms with E-state index in [1.165, 1.54) is 0 Å². The molecule has 0 saturated carbocycles. The van der Waals surface area contributed by atoms with Crippen LogP contribution in [-0.4, -0.2) is 17.0 Å². The van der Waals surface area contributed by atoms with Crippen LogP contribution < -0.4 is 5.32 Å². The van der Waals surface area contributed by atoms with Gasteiger partial charge in [-0.3, -0.25) is 15.1 Å². The molecule has 1 aromatic heterocycles. The molecule has 5 nitrogen and oxygen atoms in total. The third-order valence-electron chi connectivity index (χ3n) is 3.33. The zero-order valence-corrected chi connectivity index (χ0v) is 11.5. The molecule has 1 atom stereocenters. The summed E-state index contributed by atoms with van der Waals surface area (Å²) in [6.45, 7) is 1.74. The van der Waals surface area contributed by atoms with Gasteiger partial charge in [0.1, 0.15) is 5.69 Å². The van der Waals surface area contributed by atoms with Crippen LogP contribution in [0.1, 0.15) is 22.9 Å². The minimum Gasteiger partial charge on any atom is -0.313 e. The van der Waals surface area contributed by atoms with Crippen molar-refractivity contribution in [2.45, 2.75) is 19.4 Å². The minimum atomic E-state index is -0.352. The highest BCUT2D eigenvalue weighted by molar-refractivity contribution is 5.43. The third-order valence-corrected chi connectivity index (χ3v) is 3.33. The molecule has 1 aromatic carbocycles. The summed E-state index contributed by atoms with van der Waals surface area (Å²) in [4.78, 5) is 15.0. The van der Waals surface area contributed by atoms with Gasteiger partial charge in [-0.05, 0) is 25.6 Å². The Morgan fingerprint density at radius 3 is 2.60 bits per heavy atom. The molecule has 1 heterocycles. The van der Waals surface area contributed by atoms with E-state index in [-0.39, 0.29) is 16.7 Å². The number of hydrogen-bond donors (Lipinski definition) is 1. The molecule has 0 aliphatic rings. The molecule has 0 saturated heterocycles. The molecular formula is C15H17N3O2. The van der Waals surface area contributed by atoms with Gasteiger partial charge >= 0.3 is 0 Å². The number of nitrogens with one attached hydrogen (secondary N) is 1. The van der Waals surface area contributed by atoms with Crippen LogP contribution in [-0.2, 0) is 6.42 Å². The summed E-state index contributed by atoms with van der Waals surface area (Å²) in [5.41, 5.74) is 2.36. The number of hydrogen-bond acceptors (Lipinski definition) is 4. The van der Waals surface area contributed by atoms with Crippen LogP contribution in [0.15, 0.2) is 42.6 Å². The highest BCUT2D eigenvalue weighted by Crippen LogP contribution is 2.26. The van der Waals surface area contributed by atoms with E-state index in [2.05, 4.69) is 10.3 Å². The number of benzene rings is 1. The Labute approximate surface area is 117 Å². The first kappa shape index (κ1) is 14.1. The Kier molecular flexibility index (Phi) is 4.42. The summed E-state index contributed by atoms with van der Waals surface area (Å²) in [6.07, 6.45) is 2.11. The molecule has 0 aliphatic carbocycles. The van der Waals surface area contributed by atoms with Crippen LogP contribution in [0.5, 0.6) is 0 Å². The second-order valence-corrected chi connectivity index (χ2v) is 4.64. The molecule has 2 aromatic rings. The fourth-order valence-electron chi connectivity index (χ4n) is 2.27. The fraction of sp³-hybridized carbons (Fsp3) is 0.267. The predicted molar refractivity (Wildman–Crippen MR) is 77.6 cm³/mol. The number of aromatic nitrogens is 1. The number of rotatable bonds is 5. The van der Waals surface area contributed by atoms with Gasteiger partial charge in [0.15, 0.2) is 0 Å². The fourth-order valence-corrected chi connectivity index (χ4v) is 2.27. The Hall–Kier alpha value is -2.27. The summed E-state index contributed by atoms with van der Waals surface area (Å²) in [5.74, 6) is 0. The molecule has 0 spiro atoms. The van der Waals surface area contributed by atoms with Crippen LogP contribution in [0.25, 0.3) is 0 Å². The van der Waals surface area contributed by atoms with Gasteiger partial charge in [-0.15, -0.1) is 0 Å². The van der Waals surface area contributed by atoms with Gasteiger partial charge < -0.3 is 5.32 Å². The van der Waals surface area contributed by atoms with Gasteiger partial charge in [-0.1, -0.05) is 30.3 Å². The summed E-state index contributed by atoms with van der Waals surface area (Å²) in [7, 11) is 1.85. The summed E-state index contributed by atoms with van der Waals surface area (Å²) < 4.78 is 0. The van der Waals surface area contributed by atoms with E-state index in [0.717, 1.165) is 5.56 Å². The molecule has 0 bridgehead atoms. The maximum atomic E-state index is 11.2. The smallest absolute Gasteiger partial charge is 0.293 e. The van der Waals surface area contributed by atoms with Crippen LogP contribution >= 0.6 is 0 Å². The van der Waals surface area contributed by atoms with Crippen molar-refractivity contribution >= 4 is 5.69 Å². The Morgan fingerprint density at radius 2 is 2.00 bits per heavy atom. The van der Waals surface area contributed by atoms with Crippen LogP contribution in [0.3, 0.4) is 0 Å². The second kappa shape index (κ2) is 6.25. The highest BCUT2D eigenvalue weighted by Gasteiger charge is 2.21. The molecular weight excluding hydrogens is 254 g/mol. The Morgan fingerprint density at radius 1 is 1.30 bits per heavy atom. The molecule has 0 fully saturated rings. The first-order chi connectivity index (χ1) is 9.63. The average molecular weight is 271 g/mol. The third kappa shape index (κ3) is 3.00. The van der Waals surface area contributed by atoms with Crippen LogP contribution in [0.4, 0.5) is 5.69 Å². The SMILES string of the molecule is CNC(Cc1nccc(C)c1[N+](=O)[O-])c1ccccc1. The van der Waals surface area contributed by atoms with Crippen molar-refractivity contribution in [3.63, 3.8) is 0 Å². The minimum absolute atomic E-state index is 0.00389. The molecule has 0 amide bonds. The van der Waals surface area contributed by atoms with Crippen molar-refractivity contribution in [3.8, 4) is 0 Å². The summed E-state index contributed by atoms with van der Waals surface area (Å²) in [6, 6.07) is 11.5. The number of aryl methyl sites for hydroxylation is 1. The van der Waals surface area contributed by atoms with E-state index in [9.17, 15) is 10.1 Å². The van der Waals surface area contributed by atoms with E-state index in [1.54, 1.807) is 19.2 Å². The lowest BCUT2D eigenvalue weighted by atomic mass is 10.0. The Balaban J connectivity index is 2.33. The van der Waals surface area contributed by atoms with Crippen molar-refractivity contribution < 1.29 is 4.92 Å². The summed E-state index contributed by atoms with van der Waals surface area (Å²) in [5, 5.41) is 14.4. The maximum Gasteiger partial charge on any atom is 0.293 e. The zero-order chi connectivity index (χ0) is 14.5. The molecule has 1 N–H and O–H groups in total. The Bertz CT molecular complexity index is 599. The molecule has 2 rings (SSSR count). The van der Waals surface area contributed by atoms with Gasteiger partial charge in [-0.2, -0.15) is 0 Å². The van der Waals surface area contributed by atoms with E-state index in [1.807, 2.05) is 37.4 Å². The predicted octanol–water partition coefficient (Wildman–Crippen LogP) is 2.80. The van der Waals surface area contributed by atoms with Crippen LogP contribution in [0, 0.1) is 17.0 Å². The molecule has 0 radical (unpaired) electrons. The molecule has 1 unspecified atom stereocenters. The lowest BCUT2D eigenvalue weighted by Gasteiger charge is -2.16. The summed E-state index contributed by atoms with van der Waals surface area (Å²) >= 11 is 0. The molecule has 20 heavy (non-hydrogen) atoms. The van der Waals surface area contributed by atoms with E-state index in [0.29, 0.717) is 17.7 Å². The molecule has 104 valence electrons.